The van der Waals surface area contributed by atoms with Crippen molar-refractivity contribution in [2.45, 2.75) is 46.0 Å². The third-order valence-corrected chi connectivity index (χ3v) is 3.23. The standard InChI is InChI=1S/C13H20O/c1-13(2,7-8-14)12(11-5-6-11)9-10-3-4-10/h9,14H,3-8H2,1-2H3. The molecular weight excluding hydrogens is 172 g/mol. The van der Waals surface area contributed by atoms with Gasteiger partial charge in [-0.15, -0.1) is 0 Å². The van der Waals surface area contributed by atoms with Gasteiger partial charge in [-0.05, 0) is 43.1 Å². The van der Waals surface area contributed by atoms with Crippen molar-refractivity contribution in [1.29, 1.82) is 0 Å². The van der Waals surface area contributed by atoms with Crippen LogP contribution in [0.5, 0.6) is 0 Å². The third-order valence-electron chi connectivity index (χ3n) is 3.23. The van der Waals surface area contributed by atoms with Crippen LogP contribution in [0.3, 0.4) is 0 Å². The highest BCUT2D eigenvalue weighted by atomic mass is 16.3. The Balaban J connectivity index is 2.18. The molecule has 0 spiro atoms. The van der Waals surface area contributed by atoms with Crippen LogP contribution in [0.2, 0.25) is 0 Å². The molecular formula is C13H20O. The molecule has 0 unspecified atom stereocenters. The van der Waals surface area contributed by atoms with Gasteiger partial charge in [-0.1, -0.05) is 31.1 Å². The van der Waals surface area contributed by atoms with Gasteiger partial charge in [0.2, 0.25) is 0 Å². The molecule has 0 atom stereocenters. The van der Waals surface area contributed by atoms with E-state index in [0.29, 0.717) is 6.61 Å². The highest BCUT2D eigenvalue weighted by Crippen LogP contribution is 2.44. The van der Waals surface area contributed by atoms with Crippen LogP contribution in [0.25, 0.3) is 0 Å². The lowest BCUT2D eigenvalue weighted by atomic mass is 9.80. The van der Waals surface area contributed by atoms with Crippen LogP contribution >= 0.6 is 0 Å². The molecule has 2 fully saturated rings. The molecule has 1 heteroatoms. The van der Waals surface area contributed by atoms with Gasteiger partial charge in [0, 0.05) is 6.61 Å². The van der Waals surface area contributed by atoms with Gasteiger partial charge in [-0.25, -0.2) is 0 Å². The monoisotopic (exact) mass is 192 g/mol. The molecule has 0 saturated heterocycles. The maximum atomic E-state index is 9.06. The molecule has 14 heavy (non-hydrogen) atoms. The average molecular weight is 192 g/mol. The number of hydrogen-bond donors (Lipinski definition) is 1. The smallest absolute Gasteiger partial charge is 0.0439 e. The van der Waals surface area contributed by atoms with Crippen LogP contribution in [0, 0.1) is 5.41 Å². The van der Waals surface area contributed by atoms with E-state index in [4.69, 9.17) is 5.11 Å². The maximum Gasteiger partial charge on any atom is 0.0439 e. The minimum atomic E-state index is 0.177. The summed E-state index contributed by atoms with van der Waals surface area (Å²) in [6.07, 6.45) is 8.45. The molecule has 0 radical (unpaired) electrons. The Labute approximate surface area is 86.5 Å². The molecule has 0 aromatic heterocycles. The van der Waals surface area contributed by atoms with Gasteiger partial charge in [0.05, 0.1) is 0 Å². The zero-order chi connectivity index (χ0) is 10.2. The first-order valence-electron chi connectivity index (χ1n) is 5.66. The van der Waals surface area contributed by atoms with Gasteiger partial charge in [-0.2, -0.15) is 0 Å². The van der Waals surface area contributed by atoms with Crippen molar-refractivity contribution >= 4 is 0 Å². The molecule has 0 heterocycles. The second kappa shape index (κ2) is 3.54. The lowest BCUT2D eigenvalue weighted by Gasteiger charge is -2.25. The number of allylic oxidation sites excluding steroid dienone is 4. The SMILES string of the molecule is CC(C)(CCO)C(C=C1CC1)=C1CC1. The summed E-state index contributed by atoms with van der Waals surface area (Å²) in [5, 5.41) is 9.06. The zero-order valence-corrected chi connectivity index (χ0v) is 9.27. The van der Waals surface area contributed by atoms with E-state index in [9.17, 15) is 0 Å². The van der Waals surface area contributed by atoms with Gasteiger partial charge in [-0.3, -0.25) is 0 Å². The Morgan fingerprint density at radius 1 is 1.29 bits per heavy atom. The predicted molar refractivity (Wildman–Crippen MR) is 59.1 cm³/mol. The second-order valence-corrected chi connectivity index (χ2v) is 5.18. The Morgan fingerprint density at radius 3 is 2.36 bits per heavy atom. The van der Waals surface area contributed by atoms with Crippen molar-refractivity contribution < 1.29 is 5.11 Å². The van der Waals surface area contributed by atoms with Gasteiger partial charge >= 0.3 is 0 Å². The fourth-order valence-corrected chi connectivity index (χ4v) is 1.94. The van der Waals surface area contributed by atoms with E-state index < -0.39 is 0 Å². The molecule has 0 amide bonds. The number of hydrogen-bond acceptors (Lipinski definition) is 1. The first kappa shape index (κ1) is 9.97. The first-order chi connectivity index (χ1) is 6.63. The Morgan fingerprint density at radius 2 is 1.93 bits per heavy atom. The lowest BCUT2D eigenvalue weighted by molar-refractivity contribution is 0.236. The normalized spacial score (nSPS) is 19.6. The molecule has 1 nitrogen and oxygen atoms in total. The number of aliphatic hydroxyl groups excluding tert-OH is 1. The van der Waals surface area contributed by atoms with Crippen molar-refractivity contribution in [3.8, 4) is 0 Å². The topological polar surface area (TPSA) is 20.2 Å². The first-order valence-corrected chi connectivity index (χ1v) is 5.66. The van der Waals surface area contributed by atoms with Crippen molar-refractivity contribution in [2.75, 3.05) is 6.61 Å². The van der Waals surface area contributed by atoms with E-state index in [1.54, 1.807) is 11.1 Å². The average Bonchev–Trinajstić information content (AvgIpc) is 2.95. The highest BCUT2D eigenvalue weighted by Gasteiger charge is 2.29. The summed E-state index contributed by atoms with van der Waals surface area (Å²) in [6.45, 7) is 4.81. The van der Waals surface area contributed by atoms with Crippen molar-refractivity contribution in [3.63, 3.8) is 0 Å². The third kappa shape index (κ3) is 2.27. The van der Waals surface area contributed by atoms with Crippen LogP contribution < -0.4 is 0 Å². The highest BCUT2D eigenvalue weighted by molar-refractivity contribution is 5.41. The Kier molecular flexibility index (Phi) is 2.52. The summed E-state index contributed by atoms with van der Waals surface area (Å²) in [4.78, 5) is 0. The molecule has 2 aliphatic rings. The Bertz CT molecular complexity index is 282. The summed E-state index contributed by atoms with van der Waals surface area (Å²) in [5.74, 6) is 0. The van der Waals surface area contributed by atoms with Crippen LogP contribution in [-0.2, 0) is 0 Å². The minimum absolute atomic E-state index is 0.177. The van der Waals surface area contributed by atoms with Crippen LogP contribution in [0.4, 0.5) is 0 Å². The van der Waals surface area contributed by atoms with E-state index in [2.05, 4.69) is 19.9 Å². The molecule has 0 aliphatic heterocycles. The van der Waals surface area contributed by atoms with Crippen LogP contribution in [0.1, 0.15) is 46.0 Å². The fourth-order valence-electron chi connectivity index (χ4n) is 1.94. The van der Waals surface area contributed by atoms with Crippen LogP contribution in [0.15, 0.2) is 22.8 Å². The second-order valence-electron chi connectivity index (χ2n) is 5.18. The molecule has 2 saturated carbocycles. The van der Waals surface area contributed by atoms with Crippen LogP contribution in [-0.4, -0.2) is 11.7 Å². The lowest BCUT2D eigenvalue weighted by Crippen LogP contribution is -2.15. The van der Waals surface area contributed by atoms with E-state index in [-0.39, 0.29) is 5.41 Å². The molecule has 0 aromatic rings. The maximum absolute atomic E-state index is 9.06. The largest absolute Gasteiger partial charge is 0.396 e. The summed E-state index contributed by atoms with van der Waals surface area (Å²) in [6, 6.07) is 0. The van der Waals surface area contributed by atoms with Gasteiger partial charge in [0.1, 0.15) is 0 Å². The summed E-state index contributed by atoms with van der Waals surface area (Å²) >= 11 is 0. The molecule has 1 N–H and O–H groups in total. The van der Waals surface area contributed by atoms with Gasteiger partial charge in [0.25, 0.3) is 0 Å². The zero-order valence-electron chi connectivity index (χ0n) is 9.27. The molecule has 2 aliphatic carbocycles. The summed E-state index contributed by atoms with van der Waals surface area (Å²) in [7, 11) is 0. The number of aliphatic hydroxyl groups is 1. The van der Waals surface area contributed by atoms with Crippen molar-refractivity contribution in [3.05, 3.63) is 22.8 Å². The van der Waals surface area contributed by atoms with Crippen molar-refractivity contribution in [2.24, 2.45) is 5.41 Å². The molecule has 0 aromatic carbocycles. The summed E-state index contributed by atoms with van der Waals surface area (Å²) in [5.41, 5.74) is 4.93. The predicted octanol–water partition coefficient (Wildman–Crippen LogP) is 3.21. The van der Waals surface area contributed by atoms with Gasteiger partial charge < -0.3 is 5.11 Å². The van der Waals surface area contributed by atoms with E-state index in [1.807, 2.05) is 0 Å². The number of rotatable bonds is 4. The van der Waals surface area contributed by atoms with E-state index in [0.717, 1.165) is 6.42 Å². The molecule has 2 rings (SSSR count). The van der Waals surface area contributed by atoms with E-state index in [1.165, 1.54) is 31.3 Å². The fraction of sp³-hybridized carbons (Fsp3) is 0.692. The van der Waals surface area contributed by atoms with Crippen molar-refractivity contribution in [1.82, 2.24) is 0 Å². The summed E-state index contributed by atoms with van der Waals surface area (Å²) < 4.78 is 0. The van der Waals surface area contributed by atoms with E-state index >= 15 is 0 Å². The quantitative estimate of drug-likeness (QED) is 0.725. The molecule has 0 bridgehead atoms. The minimum Gasteiger partial charge on any atom is -0.396 e. The molecule has 78 valence electrons. The Hall–Kier alpha value is -0.560. The van der Waals surface area contributed by atoms with Gasteiger partial charge in [0.15, 0.2) is 0 Å².